The molecule has 0 unspecified atom stereocenters. The van der Waals surface area contributed by atoms with Crippen molar-refractivity contribution in [2.24, 2.45) is 0 Å². The number of aryl methyl sites for hydroxylation is 1. The van der Waals surface area contributed by atoms with Gasteiger partial charge in [-0.25, -0.2) is 0 Å². The third kappa shape index (κ3) is 5.45. The molecule has 0 amide bonds. The molecule has 0 aliphatic carbocycles. The van der Waals surface area contributed by atoms with E-state index in [4.69, 9.17) is 9.47 Å². The number of pyridine rings is 1. The molecule has 1 aromatic heterocycles. The summed E-state index contributed by atoms with van der Waals surface area (Å²) >= 11 is 0. The molecule has 1 heterocycles. The van der Waals surface area contributed by atoms with Gasteiger partial charge in [-0.2, -0.15) is 0 Å². The van der Waals surface area contributed by atoms with E-state index in [1.165, 1.54) is 11.3 Å². The van der Waals surface area contributed by atoms with E-state index in [1.807, 2.05) is 20.2 Å². The molecule has 0 fully saturated rings. The van der Waals surface area contributed by atoms with Crippen LogP contribution in [0.25, 0.3) is 0 Å². The summed E-state index contributed by atoms with van der Waals surface area (Å²) in [5.41, 5.74) is 3.49. The van der Waals surface area contributed by atoms with E-state index < -0.39 is 0 Å². The summed E-state index contributed by atoms with van der Waals surface area (Å²) in [6, 6.07) is 2.15. The fourth-order valence-electron chi connectivity index (χ4n) is 2.15. The molecule has 5 heteroatoms. The van der Waals surface area contributed by atoms with Crippen LogP contribution in [0, 0.1) is 6.92 Å². The first-order valence-corrected chi connectivity index (χ1v) is 7.05. The quantitative estimate of drug-likeness (QED) is 0.660. The van der Waals surface area contributed by atoms with Gasteiger partial charge in [0, 0.05) is 63.6 Å². The molecular formula is C15H27N3O2. The zero-order valence-electron chi connectivity index (χ0n) is 13.1. The summed E-state index contributed by atoms with van der Waals surface area (Å²) in [6.07, 6.45) is 2.96. The SMILES string of the molecule is CNCc1cnc(C)cc1N(CCCOC)CCOC. The van der Waals surface area contributed by atoms with Crippen LogP contribution < -0.4 is 10.2 Å². The highest BCUT2D eigenvalue weighted by Gasteiger charge is 2.11. The summed E-state index contributed by atoms with van der Waals surface area (Å²) in [5, 5.41) is 3.20. The molecule has 5 nitrogen and oxygen atoms in total. The summed E-state index contributed by atoms with van der Waals surface area (Å²) in [6.45, 7) is 6.16. The van der Waals surface area contributed by atoms with Crippen molar-refractivity contribution in [1.82, 2.24) is 10.3 Å². The molecule has 1 N–H and O–H groups in total. The minimum absolute atomic E-state index is 0.716. The minimum Gasteiger partial charge on any atom is -0.385 e. The van der Waals surface area contributed by atoms with Crippen LogP contribution >= 0.6 is 0 Å². The first-order valence-electron chi connectivity index (χ1n) is 7.05. The van der Waals surface area contributed by atoms with Gasteiger partial charge in [0.1, 0.15) is 0 Å². The van der Waals surface area contributed by atoms with Crippen molar-refractivity contribution in [3.63, 3.8) is 0 Å². The Labute approximate surface area is 122 Å². The summed E-state index contributed by atoms with van der Waals surface area (Å²) in [5.74, 6) is 0. The first-order chi connectivity index (χ1) is 9.72. The molecular weight excluding hydrogens is 254 g/mol. The van der Waals surface area contributed by atoms with Crippen molar-refractivity contribution >= 4 is 5.69 Å². The number of hydrogen-bond acceptors (Lipinski definition) is 5. The lowest BCUT2D eigenvalue weighted by molar-refractivity contribution is 0.191. The van der Waals surface area contributed by atoms with E-state index in [2.05, 4.69) is 21.3 Å². The van der Waals surface area contributed by atoms with Crippen molar-refractivity contribution in [3.8, 4) is 0 Å². The highest BCUT2D eigenvalue weighted by atomic mass is 16.5. The Balaban J connectivity index is 2.88. The smallest absolute Gasteiger partial charge is 0.0637 e. The largest absolute Gasteiger partial charge is 0.385 e. The second kappa shape index (κ2) is 9.69. The lowest BCUT2D eigenvalue weighted by atomic mass is 10.1. The van der Waals surface area contributed by atoms with E-state index in [0.29, 0.717) is 6.61 Å². The molecule has 0 aliphatic heterocycles. The van der Waals surface area contributed by atoms with Crippen molar-refractivity contribution in [3.05, 3.63) is 23.5 Å². The van der Waals surface area contributed by atoms with Crippen LogP contribution in [-0.2, 0) is 16.0 Å². The first kappa shape index (κ1) is 16.9. The maximum absolute atomic E-state index is 5.23. The fourth-order valence-corrected chi connectivity index (χ4v) is 2.15. The number of anilines is 1. The fraction of sp³-hybridized carbons (Fsp3) is 0.667. The maximum Gasteiger partial charge on any atom is 0.0637 e. The van der Waals surface area contributed by atoms with E-state index in [0.717, 1.165) is 38.4 Å². The van der Waals surface area contributed by atoms with E-state index in [-0.39, 0.29) is 0 Å². The molecule has 1 rings (SSSR count). The standard InChI is InChI=1S/C15H27N3O2/c1-13-10-15(14(11-16-2)12-17-13)18(7-9-20-4)6-5-8-19-3/h10,12,16H,5-9,11H2,1-4H3. The molecule has 0 spiro atoms. The van der Waals surface area contributed by atoms with Gasteiger partial charge in [0.15, 0.2) is 0 Å². The Bertz CT molecular complexity index is 385. The Hall–Kier alpha value is -1.17. The number of nitrogens with zero attached hydrogens (tertiary/aromatic N) is 2. The number of methoxy groups -OCH3 is 2. The summed E-state index contributed by atoms with van der Waals surface area (Å²) < 4.78 is 10.4. The molecule has 0 aromatic carbocycles. The van der Waals surface area contributed by atoms with Gasteiger partial charge in [-0.3, -0.25) is 4.98 Å². The molecule has 0 radical (unpaired) electrons. The van der Waals surface area contributed by atoms with Gasteiger partial charge in [0.05, 0.1) is 6.61 Å². The van der Waals surface area contributed by atoms with Crippen molar-refractivity contribution in [2.75, 3.05) is 52.5 Å². The number of nitrogens with one attached hydrogen (secondary N) is 1. The zero-order valence-corrected chi connectivity index (χ0v) is 13.1. The van der Waals surface area contributed by atoms with Gasteiger partial charge in [0.2, 0.25) is 0 Å². The van der Waals surface area contributed by atoms with Crippen LogP contribution in [0.1, 0.15) is 17.7 Å². The van der Waals surface area contributed by atoms with Crippen LogP contribution in [0.3, 0.4) is 0 Å². The van der Waals surface area contributed by atoms with Gasteiger partial charge >= 0.3 is 0 Å². The number of rotatable bonds is 10. The Morgan fingerprint density at radius 3 is 2.60 bits per heavy atom. The lowest BCUT2D eigenvalue weighted by Gasteiger charge is -2.27. The topological polar surface area (TPSA) is 46.6 Å². The van der Waals surface area contributed by atoms with Gasteiger partial charge in [-0.05, 0) is 26.5 Å². The second-order valence-corrected chi connectivity index (χ2v) is 4.81. The molecule has 114 valence electrons. The summed E-state index contributed by atoms with van der Waals surface area (Å²) in [4.78, 5) is 6.75. The normalized spacial score (nSPS) is 10.8. The average molecular weight is 281 g/mol. The van der Waals surface area contributed by atoms with Crippen LogP contribution in [0.15, 0.2) is 12.3 Å². The Kier molecular flexibility index (Phi) is 8.18. The van der Waals surface area contributed by atoms with Crippen LogP contribution in [-0.4, -0.2) is 52.6 Å². The number of ether oxygens (including phenoxy) is 2. The number of hydrogen-bond donors (Lipinski definition) is 1. The third-order valence-electron chi connectivity index (χ3n) is 3.15. The molecule has 0 saturated carbocycles. The molecule has 0 atom stereocenters. The monoisotopic (exact) mass is 281 g/mol. The van der Waals surface area contributed by atoms with E-state index >= 15 is 0 Å². The summed E-state index contributed by atoms with van der Waals surface area (Å²) in [7, 11) is 5.43. The van der Waals surface area contributed by atoms with Crippen molar-refractivity contribution < 1.29 is 9.47 Å². The lowest BCUT2D eigenvalue weighted by Crippen LogP contribution is -2.30. The zero-order chi connectivity index (χ0) is 14.8. The van der Waals surface area contributed by atoms with E-state index in [9.17, 15) is 0 Å². The molecule has 0 bridgehead atoms. The van der Waals surface area contributed by atoms with Gasteiger partial charge in [0.25, 0.3) is 0 Å². The van der Waals surface area contributed by atoms with Gasteiger partial charge in [-0.15, -0.1) is 0 Å². The predicted molar refractivity (Wildman–Crippen MR) is 82.3 cm³/mol. The Morgan fingerprint density at radius 1 is 1.20 bits per heavy atom. The average Bonchev–Trinajstić information content (AvgIpc) is 2.45. The maximum atomic E-state index is 5.23. The second-order valence-electron chi connectivity index (χ2n) is 4.81. The molecule has 0 saturated heterocycles. The predicted octanol–water partition coefficient (Wildman–Crippen LogP) is 1.60. The van der Waals surface area contributed by atoms with Gasteiger partial charge < -0.3 is 19.7 Å². The molecule has 0 aliphatic rings. The van der Waals surface area contributed by atoms with Crippen LogP contribution in [0.4, 0.5) is 5.69 Å². The minimum atomic E-state index is 0.716. The van der Waals surface area contributed by atoms with Crippen molar-refractivity contribution in [1.29, 1.82) is 0 Å². The van der Waals surface area contributed by atoms with Crippen LogP contribution in [0.2, 0.25) is 0 Å². The highest BCUT2D eigenvalue weighted by Crippen LogP contribution is 2.21. The van der Waals surface area contributed by atoms with E-state index in [1.54, 1.807) is 14.2 Å². The highest BCUT2D eigenvalue weighted by molar-refractivity contribution is 5.53. The third-order valence-corrected chi connectivity index (χ3v) is 3.15. The molecule has 1 aromatic rings. The molecule has 20 heavy (non-hydrogen) atoms. The Morgan fingerprint density at radius 2 is 1.95 bits per heavy atom. The van der Waals surface area contributed by atoms with Gasteiger partial charge in [-0.1, -0.05) is 0 Å². The van der Waals surface area contributed by atoms with Crippen molar-refractivity contribution in [2.45, 2.75) is 19.9 Å². The number of aromatic nitrogens is 1. The van der Waals surface area contributed by atoms with Crippen LogP contribution in [0.5, 0.6) is 0 Å².